The molecule has 1 aromatic carbocycles. The van der Waals surface area contributed by atoms with E-state index in [1.165, 1.54) is 0 Å². The molecule has 0 bridgehead atoms. The van der Waals surface area contributed by atoms with E-state index >= 15 is 0 Å². The summed E-state index contributed by atoms with van der Waals surface area (Å²) in [5.74, 6) is 0.309. The first-order chi connectivity index (χ1) is 8.76. The minimum absolute atomic E-state index is 0.204. The Balaban J connectivity index is 3.00. The molecular weight excluding hydrogens is 330 g/mol. The topological polar surface area (TPSA) is 66.4 Å². The Bertz CT molecular complexity index is 529. The zero-order valence-corrected chi connectivity index (χ0v) is 13.8. The first-order valence-corrected chi connectivity index (χ1v) is 8.43. The van der Waals surface area contributed by atoms with E-state index in [0.29, 0.717) is 22.4 Å². The largest absolute Gasteiger partial charge is 0.395 e. The van der Waals surface area contributed by atoms with Crippen molar-refractivity contribution < 1.29 is 13.5 Å². The van der Waals surface area contributed by atoms with Crippen molar-refractivity contribution in [3.63, 3.8) is 0 Å². The molecule has 0 radical (unpaired) electrons. The lowest BCUT2D eigenvalue weighted by Gasteiger charge is -2.19. The third kappa shape index (κ3) is 4.87. The van der Waals surface area contributed by atoms with Crippen LogP contribution in [0.25, 0.3) is 0 Å². The normalized spacial score (nSPS) is 13.8. The number of aliphatic hydroxyl groups excluding tert-OH is 1. The summed E-state index contributed by atoms with van der Waals surface area (Å²) >= 11 is 3.27. The second kappa shape index (κ2) is 6.83. The maximum Gasteiger partial charge on any atom is 0.241 e. The number of benzene rings is 1. The molecule has 0 amide bonds. The Kier molecular flexibility index (Phi) is 5.98. The molecule has 0 spiro atoms. The van der Waals surface area contributed by atoms with Crippen molar-refractivity contribution >= 4 is 26.0 Å². The van der Waals surface area contributed by atoms with Crippen molar-refractivity contribution in [2.75, 3.05) is 6.61 Å². The summed E-state index contributed by atoms with van der Waals surface area (Å²) in [6.45, 7) is 5.52. The second-order valence-electron chi connectivity index (χ2n) is 5.04. The molecule has 0 saturated carbocycles. The van der Waals surface area contributed by atoms with Crippen molar-refractivity contribution in [3.05, 3.63) is 28.2 Å². The van der Waals surface area contributed by atoms with E-state index < -0.39 is 16.1 Å². The van der Waals surface area contributed by atoms with Crippen LogP contribution in [-0.4, -0.2) is 26.2 Å². The number of aryl methyl sites for hydroxylation is 1. The van der Waals surface area contributed by atoms with E-state index in [4.69, 9.17) is 0 Å². The van der Waals surface area contributed by atoms with Crippen molar-refractivity contribution in [3.8, 4) is 0 Å². The van der Waals surface area contributed by atoms with Crippen molar-refractivity contribution in [1.29, 1.82) is 0 Å². The van der Waals surface area contributed by atoms with Crippen molar-refractivity contribution in [1.82, 2.24) is 4.72 Å². The number of halogens is 1. The Morgan fingerprint density at radius 2 is 2.00 bits per heavy atom. The van der Waals surface area contributed by atoms with Gasteiger partial charge in [0.1, 0.15) is 0 Å². The van der Waals surface area contributed by atoms with E-state index in [1.54, 1.807) is 25.1 Å². The lowest BCUT2D eigenvalue weighted by molar-refractivity contribution is 0.240. The smallest absolute Gasteiger partial charge is 0.241 e. The van der Waals surface area contributed by atoms with Crippen LogP contribution in [0, 0.1) is 12.8 Å². The molecule has 6 heteroatoms. The van der Waals surface area contributed by atoms with E-state index in [9.17, 15) is 13.5 Å². The average Bonchev–Trinajstić information content (AvgIpc) is 2.30. The third-order valence-corrected chi connectivity index (χ3v) is 4.89. The van der Waals surface area contributed by atoms with Gasteiger partial charge in [0.25, 0.3) is 0 Å². The first kappa shape index (κ1) is 16.6. The number of aliphatic hydroxyl groups is 1. The Labute approximate surface area is 123 Å². The van der Waals surface area contributed by atoms with Crippen LogP contribution in [0.3, 0.4) is 0 Å². The third-order valence-electron chi connectivity index (χ3n) is 2.74. The summed E-state index contributed by atoms with van der Waals surface area (Å²) in [5.41, 5.74) is 0.678. The number of sulfonamides is 1. The molecule has 1 aromatic rings. The molecule has 0 heterocycles. The van der Waals surface area contributed by atoms with Crippen LogP contribution in [0.4, 0.5) is 0 Å². The summed E-state index contributed by atoms with van der Waals surface area (Å²) < 4.78 is 27.9. The Morgan fingerprint density at radius 3 is 2.53 bits per heavy atom. The molecule has 1 rings (SSSR count). The number of hydrogen-bond acceptors (Lipinski definition) is 3. The van der Waals surface area contributed by atoms with E-state index in [1.807, 2.05) is 13.8 Å². The zero-order valence-electron chi connectivity index (χ0n) is 11.4. The summed E-state index contributed by atoms with van der Waals surface area (Å²) in [6, 6.07) is 4.66. The van der Waals surface area contributed by atoms with Gasteiger partial charge in [-0.15, -0.1) is 0 Å². The monoisotopic (exact) mass is 349 g/mol. The lowest BCUT2D eigenvalue weighted by Crippen LogP contribution is -2.38. The van der Waals surface area contributed by atoms with E-state index in [-0.39, 0.29) is 11.5 Å². The Morgan fingerprint density at radius 1 is 1.37 bits per heavy atom. The van der Waals surface area contributed by atoms with Crippen LogP contribution in [-0.2, 0) is 10.0 Å². The van der Waals surface area contributed by atoms with Gasteiger partial charge in [-0.2, -0.15) is 0 Å². The van der Waals surface area contributed by atoms with Gasteiger partial charge in [-0.25, -0.2) is 13.1 Å². The van der Waals surface area contributed by atoms with E-state index in [0.717, 1.165) is 0 Å². The van der Waals surface area contributed by atoms with Crippen LogP contribution in [0.15, 0.2) is 27.6 Å². The maximum absolute atomic E-state index is 12.3. The fraction of sp³-hybridized carbons (Fsp3) is 0.538. The van der Waals surface area contributed by atoms with Gasteiger partial charge < -0.3 is 5.11 Å². The quantitative estimate of drug-likeness (QED) is 0.828. The van der Waals surface area contributed by atoms with Gasteiger partial charge in [-0.05, 0) is 37.0 Å². The van der Waals surface area contributed by atoms with Crippen LogP contribution in [0.2, 0.25) is 0 Å². The minimum Gasteiger partial charge on any atom is -0.395 e. The van der Waals surface area contributed by atoms with Crippen LogP contribution in [0.1, 0.15) is 25.8 Å². The number of hydrogen-bond donors (Lipinski definition) is 2. The lowest BCUT2D eigenvalue weighted by atomic mass is 10.1. The summed E-state index contributed by atoms with van der Waals surface area (Å²) in [7, 11) is -3.61. The van der Waals surface area contributed by atoms with Crippen LogP contribution < -0.4 is 4.72 Å². The van der Waals surface area contributed by atoms with Gasteiger partial charge in [0.2, 0.25) is 10.0 Å². The molecule has 4 nitrogen and oxygen atoms in total. The molecule has 0 aliphatic heterocycles. The SMILES string of the molecule is Cc1ccc(Br)cc1S(=O)(=O)NC(CO)CC(C)C. The minimum atomic E-state index is -3.61. The van der Waals surface area contributed by atoms with Gasteiger partial charge in [0.15, 0.2) is 0 Å². The molecule has 1 atom stereocenters. The first-order valence-electron chi connectivity index (χ1n) is 6.15. The number of nitrogens with one attached hydrogen (secondary N) is 1. The van der Waals surface area contributed by atoms with Gasteiger partial charge in [0.05, 0.1) is 11.5 Å². The average molecular weight is 350 g/mol. The highest BCUT2D eigenvalue weighted by atomic mass is 79.9. The predicted molar refractivity (Wildman–Crippen MR) is 79.5 cm³/mol. The molecule has 0 saturated heterocycles. The van der Waals surface area contributed by atoms with E-state index in [2.05, 4.69) is 20.7 Å². The van der Waals surface area contributed by atoms with Gasteiger partial charge in [-0.3, -0.25) is 0 Å². The zero-order chi connectivity index (χ0) is 14.6. The fourth-order valence-corrected chi connectivity index (χ4v) is 3.90. The molecule has 0 aliphatic carbocycles. The second-order valence-corrected chi connectivity index (χ2v) is 7.64. The molecule has 1 unspecified atom stereocenters. The van der Waals surface area contributed by atoms with Crippen LogP contribution in [0.5, 0.6) is 0 Å². The van der Waals surface area contributed by atoms with Crippen molar-refractivity contribution in [2.45, 2.75) is 38.1 Å². The summed E-state index contributed by atoms with van der Waals surface area (Å²) in [6.07, 6.45) is 0.600. The van der Waals surface area contributed by atoms with Crippen LogP contribution >= 0.6 is 15.9 Å². The van der Waals surface area contributed by atoms with Gasteiger partial charge in [-0.1, -0.05) is 35.8 Å². The van der Waals surface area contributed by atoms with Gasteiger partial charge >= 0.3 is 0 Å². The van der Waals surface area contributed by atoms with Crippen molar-refractivity contribution in [2.24, 2.45) is 5.92 Å². The fourth-order valence-electron chi connectivity index (χ4n) is 1.88. The van der Waals surface area contributed by atoms with Gasteiger partial charge in [0, 0.05) is 10.5 Å². The highest BCUT2D eigenvalue weighted by Crippen LogP contribution is 2.21. The highest BCUT2D eigenvalue weighted by Gasteiger charge is 2.22. The molecular formula is C13H20BrNO3S. The number of rotatable bonds is 6. The molecule has 0 aromatic heterocycles. The molecule has 0 aliphatic rings. The standard InChI is InChI=1S/C13H20BrNO3S/c1-9(2)6-12(8-16)15-19(17,18)13-7-11(14)5-4-10(13)3/h4-5,7,9,12,15-16H,6,8H2,1-3H3. The molecule has 108 valence electrons. The summed E-state index contributed by atoms with van der Waals surface area (Å²) in [5, 5.41) is 9.27. The summed E-state index contributed by atoms with van der Waals surface area (Å²) in [4.78, 5) is 0.240. The highest BCUT2D eigenvalue weighted by molar-refractivity contribution is 9.10. The molecule has 2 N–H and O–H groups in total. The maximum atomic E-state index is 12.3. The Hall–Kier alpha value is -0.430. The molecule has 0 fully saturated rings. The molecule has 19 heavy (non-hydrogen) atoms. The predicted octanol–water partition coefficient (Wildman–Crippen LogP) is 2.44.